The molecule has 2 aromatic heterocycles. The lowest BCUT2D eigenvalue weighted by atomic mass is 10.2. The predicted octanol–water partition coefficient (Wildman–Crippen LogP) is 3.55. The second kappa shape index (κ2) is 5.77. The van der Waals surface area contributed by atoms with E-state index in [1.807, 2.05) is 49.0 Å². The van der Waals surface area contributed by atoms with Crippen molar-refractivity contribution in [2.75, 3.05) is 19.0 Å². The topological polar surface area (TPSA) is 46.8 Å². The highest BCUT2D eigenvalue weighted by molar-refractivity contribution is 5.77. The van der Waals surface area contributed by atoms with Gasteiger partial charge in [-0.1, -0.05) is 18.2 Å². The lowest BCUT2D eigenvalue weighted by Gasteiger charge is -2.13. The zero-order valence-corrected chi connectivity index (χ0v) is 13.6. The summed E-state index contributed by atoms with van der Waals surface area (Å²) in [5, 5.41) is 0. The fraction of sp³-hybridized carbons (Fsp3) is 0.105. The third kappa shape index (κ3) is 2.40. The summed E-state index contributed by atoms with van der Waals surface area (Å²) in [5.41, 5.74) is 4.61. The summed E-state index contributed by atoms with van der Waals surface area (Å²) in [7, 11) is 4.06. The first kappa shape index (κ1) is 14.4. The highest BCUT2D eigenvalue weighted by Gasteiger charge is 2.15. The van der Waals surface area contributed by atoms with Gasteiger partial charge in [0.15, 0.2) is 11.3 Å². The number of hydrogen-bond acceptors (Lipinski definition) is 4. The minimum Gasteiger partial charge on any atom is -0.378 e. The zero-order valence-electron chi connectivity index (χ0n) is 13.6. The highest BCUT2D eigenvalue weighted by atomic mass is 15.2. The van der Waals surface area contributed by atoms with E-state index in [1.54, 1.807) is 12.4 Å². The van der Waals surface area contributed by atoms with Gasteiger partial charge in [-0.15, -0.1) is 0 Å². The summed E-state index contributed by atoms with van der Waals surface area (Å²) in [6.45, 7) is 0. The van der Waals surface area contributed by atoms with Gasteiger partial charge in [-0.05, 0) is 36.4 Å². The first-order valence-corrected chi connectivity index (χ1v) is 7.77. The van der Waals surface area contributed by atoms with Crippen LogP contribution in [0.3, 0.4) is 0 Å². The third-order valence-electron chi connectivity index (χ3n) is 3.95. The van der Waals surface area contributed by atoms with Crippen LogP contribution in [0.15, 0.2) is 67.0 Å². The lowest BCUT2D eigenvalue weighted by molar-refractivity contribution is 1.07. The summed E-state index contributed by atoms with van der Waals surface area (Å²) in [5.74, 6) is 0.840. The van der Waals surface area contributed by atoms with Gasteiger partial charge in [0.05, 0.1) is 0 Å². The van der Waals surface area contributed by atoms with Gasteiger partial charge < -0.3 is 4.90 Å². The van der Waals surface area contributed by atoms with Crippen LogP contribution in [0.5, 0.6) is 0 Å². The molecule has 0 amide bonds. The summed E-state index contributed by atoms with van der Waals surface area (Å²) in [6, 6.07) is 18.5. The Bertz CT molecular complexity index is 972. The van der Waals surface area contributed by atoms with Crippen molar-refractivity contribution in [1.29, 1.82) is 0 Å². The second-order valence-electron chi connectivity index (χ2n) is 5.75. The van der Waals surface area contributed by atoms with Crippen molar-refractivity contribution in [2.45, 2.75) is 0 Å². The molecular weight excluding hydrogens is 298 g/mol. The maximum atomic E-state index is 4.71. The number of imidazole rings is 1. The normalized spacial score (nSPS) is 10.9. The van der Waals surface area contributed by atoms with Crippen LogP contribution in [0.1, 0.15) is 0 Å². The van der Waals surface area contributed by atoms with Gasteiger partial charge in [0.25, 0.3) is 0 Å². The molecule has 0 atom stereocenters. The van der Waals surface area contributed by atoms with Crippen molar-refractivity contribution in [3.8, 4) is 17.1 Å². The molecule has 4 rings (SSSR count). The standard InChI is InChI=1S/C19H17N5/c1-23(2)15-10-8-14(9-11-15)18-22-17-19(21-13-12-20-17)24(18)16-6-4-3-5-7-16/h3-13H,1-2H3. The van der Waals surface area contributed by atoms with Crippen molar-refractivity contribution < 1.29 is 0 Å². The molecular formula is C19H17N5. The molecule has 0 aliphatic carbocycles. The van der Waals surface area contributed by atoms with Gasteiger partial charge in [-0.3, -0.25) is 4.57 Å². The van der Waals surface area contributed by atoms with Crippen LogP contribution in [0.4, 0.5) is 5.69 Å². The Kier molecular flexibility index (Phi) is 3.46. The van der Waals surface area contributed by atoms with Gasteiger partial charge >= 0.3 is 0 Å². The van der Waals surface area contributed by atoms with E-state index < -0.39 is 0 Å². The van der Waals surface area contributed by atoms with Gasteiger partial charge in [-0.2, -0.15) is 0 Å². The number of para-hydroxylation sites is 1. The van der Waals surface area contributed by atoms with Gasteiger partial charge in [0.2, 0.25) is 0 Å². The van der Waals surface area contributed by atoms with E-state index >= 15 is 0 Å². The first-order chi connectivity index (χ1) is 11.7. The van der Waals surface area contributed by atoms with Crippen LogP contribution in [0, 0.1) is 0 Å². The van der Waals surface area contributed by atoms with Crippen LogP contribution in [-0.2, 0) is 0 Å². The summed E-state index contributed by atoms with van der Waals surface area (Å²) < 4.78 is 2.05. The largest absolute Gasteiger partial charge is 0.378 e. The molecule has 0 spiro atoms. The number of nitrogens with zero attached hydrogens (tertiary/aromatic N) is 5. The molecule has 0 N–H and O–H groups in total. The van der Waals surface area contributed by atoms with Crippen LogP contribution in [-0.4, -0.2) is 33.6 Å². The SMILES string of the molecule is CN(C)c1ccc(-c2nc3nccnc3n2-c2ccccc2)cc1. The minimum atomic E-state index is 0.646. The minimum absolute atomic E-state index is 0.646. The van der Waals surface area contributed by atoms with Crippen molar-refractivity contribution in [3.63, 3.8) is 0 Å². The number of hydrogen-bond donors (Lipinski definition) is 0. The van der Waals surface area contributed by atoms with E-state index in [0.717, 1.165) is 28.4 Å². The Morgan fingerprint density at radius 2 is 1.54 bits per heavy atom. The molecule has 2 heterocycles. The Labute approximate surface area is 140 Å². The van der Waals surface area contributed by atoms with Crippen molar-refractivity contribution in [1.82, 2.24) is 19.5 Å². The fourth-order valence-corrected chi connectivity index (χ4v) is 2.73. The van der Waals surface area contributed by atoms with Gasteiger partial charge in [-0.25, -0.2) is 15.0 Å². The number of benzene rings is 2. The Morgan fingerprint density at radius 3 is 2.25 bits per heavy atom. The second-order valence-corrected chi connectivity index (χ2v) is 5.75. The maximum Gasteiger partial charge on any atom is 0.198 e. The number of rotatable bonds is 3. The number of aromatic nitrogens is 4. The molecule has 0 unspecified atom stereocenters. The molecule has 0 saturated carbocycles. The average molecular weight is 315 g/mol. The summed E-state index contributed by atoms with van der Waals surface area (Å²) in [4.78, 5) is 15.6. The molecule has 4 aromatic rings. The molecule has 0 aliphatic heterocycles. The molecule has 24 heavy (non-hydrogen) atoms. The quantitative estimate of drug-likeness (QED) is 0.580. The fourth-order valence-electron chi connectivity index (χ4n) is 2.73. The van der Waals surface area contributed by atoms with Gasteiger partial charge in [0.1, 0.15) is 5.82 Å². The molecule has 5 nitrogen and oxygen atoms in total. The van der Waals surface area contributed by atoms with E-state index in [1.165, 1.54) is 0 Å². The molecule has 0 saturated heterocycles. The van der Waals surface area contributed by atoms with Crippen molar-refractivity contribution >= 4 is 17.0 Å². The molecule has 0 bridgehead atoms. The molecule has 0 radical (unpaired) electrons. The molecule has 0 fully saturated rings. The maximum absolute atomic E-state index is 4.71. The van der Waals surface area contributed by atoms with E-state index in [-0.39, 0.29) is 0 Å². The van der Waals surface area contributed by atoms with E-state index in [9.17, 15) is 0 Å². The predicted molar refractivity (Wildman–Crippen MR) is 96.4 cm³/mol. The Hall–Kier alpha value is -3.21. The lowest BCUT2D eigenvalue weighted by Crippen LogP contribution is -2.08. The van der Waals surface area contributed by atoms with Crippen LogP contribution < -0.4 is 4.90 Å². The summed E-state index contributed by atoms with van der Waals surface area (Å²) >= 11 is 0. The molecule has 0 aliphatic rings. The van der Waals surface area contributed by atoms with E-state index in [4.69, 9.17) is 4.98 Å². The zero-order chi connectivity index (χ0) is 16.5. The van der Waals surface area contributed by atoms with Crippen LogP contribution in [0.2, 0.25) is 0 Å². The molecule has 2 aromatic carbocycles. The van der Waals surface area contributed by atoms with Crippen LogP contribution in [0.25, 0.3) is 28.4 Å². The van der Waals surface area contributed by atoms with Crippen molar-refractivity contribution in [2.24, 2.45) is 0 Å². The highest BCUT2D eigenvalue weighted by Crippen LogP contribution is 2.27. The molecule has 5 heteroatoms. The Balaban J connectivity index is 1.95. The van der Waals surface area contributed by atoms with Crippen molar-refractivity contribution in [3.05, 3.63) is 67.0 Å². The molecule has 118 valence electrons. The van der Waals surface area contributed by atoms with E-state index in [2.05, 4.69) is 39.1 Å². The Morgan fingerprint density at radius 1 is 0.833 bits per heavy atom. The third-order valence-corrected chi connectivity index (χ3v) is 3.95. The summed E-state index contributed by atoms with van der Waals surface area (Å²) in [6.07, 6.45) is 3.37. The number of anilines is 1. The smallest absolute Gasteiger partial charge is 0.198 e. The van der Waals surface area contributed by atoms with Crippen LogP contribution >= 0.6 is 0 Å². The van der Waals surface area contributed by atoms with E-state index in [0.29, 0.717) is 5.65 Å². The average Bonchev–Trinajstić information content (AvgIpc) is 3.02. The van der Waals surface area contributed by atoms with Gasteiger partial charge in [0, 0.05) is 43.4 Å². The monoisotopic (exact) mass is 315 g/mol. The number of fused-ring (bicyclic) bond motifs is 1. The first-order valence-electron chi connectivity index (χ1n) is 7.77.